The number of nitrogens with zero attached hydrogens (tertiary/aromatic N) is 2. The molecule has 1 fully saturated rings. The second kappa shape index (κ2) is 12.2. The predicted octanol–water partition coefficient (Wildman–Crippen LogP) is 2.88. The number of benzene rings is 2. The van der Waals surface area contributed by atoms with Crippen LogP contribution in [0.5, 0.6) is 5.75 Å². The van der Waals surface area contributed by atoms with E-state index < -0.39 is 62.2 Å². The summed E-state index contributed by atoms with van der Waals surface area (Å²) in [6.07, 6.45) is -3.40. The van der Waals surface area contributed by atoms with Crippen LogP contribution in [0, 0.1) is 0 Å². The third-order valence-corrected chi connectivity index (χ3v) is 8.62. The maximum absolute atomic E-state index is 14.1. The van der Waals surface area contributed by atoms with Gasteiger partial charge in [0.2, 0.25) is 0 Å². The number of aliphatic hydroxyl groups is 2. The Hall–Kier alpha value is -2.84. The number of nitrogens with one attached hydrogen (secondary N) is 1. The molecule has 2 aromatic carbocycles. The van der Waals surface area contributed by atoms with E-state index in [1.165, 1.54) is 20.0 Å². The molecule has 4 rings (SSSR count). The Balaban J connectivity index is 1.60. The van der Waals surface area contributed by atoms with Gasteiger partial charge in [-0.3, -0.25) is 13.9 Å². The third-order valence-electron chi connectivity index (χ3n) is 6.38. The number of fused-ring (bicyclic) bond motifs is 1. The Bertz CT molecular complexity index is 1530. The highest BCUT2D eigenvalue weighted by atomic mass is 79.9. The molecule has 13 nitrogen and oxygen atoms in total. The SMILES string of the molecule is CC(C)OC(=O)[C@@H](C)NP(=O)(OC[C@H]1OC(n2cc(Br)c(N)nc2=O)[C@](C)(O)[C@@H]1O)Oc1cccc2ccccc12. The van der Waals surface area contributed by atoms with Crippen molar-refractivity contribution in [2.24, 2.45) is 0 Å². The maximum Gasteiger partial charge on any atom is 0.459 e. The van der Waals surface area contributed by atoms with Gasteiger partial charge >= 0.3 is 19.4 Å². The lowest BCUT2D eigenvalue weighted by Gasteiger charge is -2.27. The summed E-state index contributed by atoms with van der Waals surface area (Å²) in [5, 5.41) is 26.0. The number of anilines is 1. The van der Waals surface area contributed by atoms with Crippen molar-refractivity contribution in [3.63, 3.8) is 0 Å². The van der Waals surface area contributed by atoms with E-state index in [0.29, 0.717) is 5.39 Å². The van der Waals surface area contributed by atoms with E-state index >= 15 is 0 Å². The Morgan fingerprint density at radius 3 is 2.66 bits per heavy atom. The summed E-state index contributed by atoms with van der Waals surface area (Å²) in [5.74, 6) is -0.538. The van der Waals surface area contributed by atoms with Crippen LogP contribution in [0.25, 0.3) is 10.8 Å². The van der Waals surface area contributed by atoms with Crippen LogP contribution in [0.3, 0.4) is 0 Å². The van der Waals surface area contributed by atoms with Crippen LogP contribution in [0.15, 0.2) is 57.9 Å². The van der Waals surface area contributed by atoms with Gasteiger partial charge in [0.25, 0.3) is 0 Å². The van der Waals surface area contributed by atoms with Crippen molar-refractivity contribution < 1.29 is 38.1 Å². The molecule has 1 aliphatic rings. The molecule has 6 atom stereocenters. The molecule has 2 unspecified atom stereocenters. The zero-order chi connectivity index (χ0) is 30.1. The minimum Gasteiger partial charge on any atom is -0.462 e. The number of carbonyl (C=O) groups excluding carboxylic acids is 1. The number of aliphatic hydroxyl groups excluding tert-OH is 1. The summed E-state index contributed by atoms with van der Waals surface area (Å²) in [7, 11) is -4.36. The lowest BCUT2D eigenvalue weighted by molar-refractivity contribution is -0.149. The normalized spacial score (nSPS) is 24.7. The number of halogens is 1. The number of esters is 1. The molecule has 0 bridgehead atoms. The van der Waals surface area contributed by atoms with Gasteiger partial charge in [0.05, 0.1) is 17.2 Å². The van der Waals surface area contributed by atoms with Gasteiger partial charge in [0.1, 0.15) is 35.4 Å². The van der Waals surface area contributed by atoms with Crippen molar-refractivity contribution in [1.82, 2.24) is 14.6 Å². The molecule has 1 aromatic heterocycles. The number of rotatable bonds is 10. The summed E-state index contributed by atoms with van der Waals surface area (Å²) in [4.78, 5) is 28.7. The van der Waals surface area contributed by atoms with E-state index in [9.17, 15) is 24.4 Å². The van der Waals surface area contributed by atoms with Gasteiger partial charge in [-0.1, -0.05) is 36.4 Å². The molecule has 222 valence electrons. The van der Waals surface area contributed by atoms with E-state index in [-0.39, 0.29) is 16.0 Å². The largest absolute Gasteiger partial charge is 0.462 e. The highest BCUT2D eigenvalue weighted by Gasteiger charge is 2.54. The lowest BCUT2D eigenvalue weighted by Crippen LogP contribution is -2.46. The smallest absolute Gasteiger partial charge is 0.459 e. The van der Waals surface area contributed by atoms with Crippen LogP contribution in [-0.2, 0) is 23.4 Å². The average Bonchev–Trinajstić information content (AvgIpc) is 3.13. The molecule has 0 aliphatic carbocycles. The fourth-order valence-electron chi connectivity index (χ4n) is 4.29. The van der Waals surface area contributed by atoms with Crippen molar-refractivity contribution >= 4 is 46.2 Å². The second-order valence-corrected chi connectivity index (χ2v) is 12.6. The number of aromatic nitrogens is 2. The molecule has 3 aromatic rings. The van der Waals surface area contributed by atoms with E-state index in [0.717, 1.165) is 9.95 Å². The van der Waals surface area contributed by atoms with Gasteiger partial charge in [-0.15, -0.1) is 0 Å². The van der Waals surface area contributed by atoms with Crippen LogP contribution >= 0.6 is 23.7 Å². The summed E-state index contributed by atoms with van der Waals surface area (Å²) >= 11 is 3.18. The number of hydrogen-bond donors (Lipinski definition) is 4. The number of ether oxygens (including phenoxy) is 2. The highest BCUT2D eigenvalue weighted by molar-refractivity contribution is 9.10. The van der Waals surface area contributed by atoms with Crippen LogP contribution in [-0.4, -0.2) is 62.3 Å². The van der Waals surface area contributed by atoms with Gasteiger partial charge in [0, 0.05) is 11.6 Å². The van der Waals surface area contributed by atoms with Gasteiger partial charge in [-0.05, 0) is 55.1 Å². The van der Waals surface area contributed by atoms with Gasteiger partial charge in [0.15, 0.2) is 6.23 Å². The molecule has 1 saturated heterocycles. The molecule has 0 spiro atoms. The van der Waals surface area contributed by atoms with Crippen molar-refractivity contribution in [3.8, 4) is 5.75 Å². The van der Waals surface area contributed by atoms with Crippen molar-refractivity contribution in [3.05, 3.63) is 63.6 Å². The molecule has 15 heteroatoms. The lowest BCUT2D eigenvalue weighted by atomic mass is 9.96. The van der Waals surface area contributed by atoms with Gasteiger partial charge < -0.3 is 29.9 Å². The number of nitrogens with two attached hydrogens (primary N) is 1. The zero-order valence-electron chi connectivity index (χ0n) is 22.8. The molecule has 0 radical (unpaired) electrons. The predicted molar refractivity (Wildman–Crippen MR) is 153 cm³/mol. The zero-order valence-corrected chi connectivity index (χ0v) is 25.2. The summed E-state index contributed by atoms with van der Waals surface area (Å²) in [6, 6.07) is 11.3. The summed E-state index contributed by atoms with van der Waals surface area (Å²) in [5.41, 5.74) is 2.85. The maximum atomic E-state index is 14.1. The van der Waals surface area contributed by atoms with Crippen LogP contribution in [0.2, 0.25) is 0 Å². The first-order chi connectivity index (χ1) is 19.2. The van der Waals surface area contributed by atoms with Crippen LogP contribution in [0.1, 0.15) is 33.9 Å². The second-order valence-electron chi connectivity index (χ2n) is 10.1. The molecule has 41 heavy (non-hydrogen) atoms. The van der Waals surface area contributed by atoms with Crippen molar-refractivity contribution in [2.75, 3.05) is 12.3 Å². The molecule has 2 heterocycles. The Labute approximate surface area is 244 Å². The van der Waals surface area contributed by atoms with E-state index in [1.54, 1.807) is 38.1 Å². The first-order valence-electron chi connectivity index (χ1n) is 12.7. The number of carbonyl (C=O) groups is 1. The summed E-state index contributed by atoms with van der Waals surface area (Å²) in [6.45, 7) is 5.50. The number of hydrogen-bond acceptors (Lipinski definition) is 11. The fraction of sp³-hybridized carbons (Fsp3) is 0.423. The molecule has 1 aliphatic heterocycles. The van der Waals surface area contributed by atoms with E-state index in [1.807, 2.05) is 18.2 Å². The topological polar surface area (TPSA) is 184 Å². The minimum atomic E-state index is -4.36. The minimum absolute atomic E-state index is 0.0629. The monoisotopic (exact) mass is 654 g/mol. The molecule has 0 amide bonds. The van der Waals surface area contributed by atoms with Crippen LogP contribution < -0.4 is 21.0 Å². The standard InChI is InChI=1S/C26H32BrN4O9P/c1-14(2)38-23(33)15(3)30-41(36,40-19-11-7-9-16-8-5-6-10-17(16)19)37-13-20-21(32)26(4,35)24(39-20)31-12-18(27)22(28)29-25(31)34/h5-12,14-15,20-21,24,32,35H,13H2,1-4H3,(H,30,36)(H2,28,29,34)/t15-,20-,21-,24?,26-,41?/m1/s1. The van der Waals surface area contributed by atoms with E-state index in [4.69, 9.17) is 24.3 Å². The Kier molecular flexibility index (Phi) is 9.24. The Morgan fingerprint density at radius 2 is 1.95 bits per heavy atom. The van der Waals surface area contributed by atoms with Crippen molar-refractivity contribution in [1.29, 1.82) is 0 Å². The average molecular weight is 655 g/mol. The Morgan fingerprint density at radius 1 is 1.27 bits per heavy atom. The van der Waals surface area contributed by atoms with E-state index in [2.05, 4.69) is 26.0 Å². The highest BCUT2D eigenvalue weighted by Crippen LogP contribution is 2.48. The van der Waals surface area contributed by atoms with Crippen LogP contribution in [0.4, 0.5) is 5.82 Å². The fourth-order valence-corrected chi connectivity index (χ4v) is 6.12. The molecular weight excluding hydrogens is 623 g/mol. The third kappa shape index (κ3) is 6.81. The van der Waals surface area contributed by atoms with Gasteiger partial charge in [-0.25, -0.2) is 9.36 Å². The first kappa shape index (κ1) is 31.1. The molecular formula is C26H32BrN4O9P. The quantitative estimate of drug-likeness (QED) is 0.185. The summed E-state index contributed by atoms with van der Waals surface area (Å²) < 4.78 is 37.9. The molecule has 0 saturated carbocycles. The first-order valence-corrected chi connectivity index (χ1v) is 15.1. The number of nitrogen functional groups attached to an aromatic ring is 1. The van der Waals surface area contributed by atoms with Crippen molar-refractivity contribution in [2.45, 2.75) is 63.9 Å². The molecule has 5 N–H and O–H groups in total. The van der Waals surface area contributed by atoms with Gasteiger partial charge in [-0.2, -0.15) is 10.1 Å².